The van der Waals surface area contributed by atoms with E-state index in [-0.39, 0.29) is 0 Å². The van der Waals surface area contributed by atoms with Crippen LogP contribution in [0.3, 0.4) is 0 Å². The lowest BCUT2D eigenvalue weighted by molar-refractivity contribution is -0.231. The van der Waals surface area contributed by atoms with Gasteiger partial charge in [-0.15, -0.1) is 0 Å². The zero-order valence-electron chi connectivity index (χ0n) is 14.9. The minimum absolute atomic E-state index is 0.540. The molecule has 8 aliphatic rings. The highest BCUT2D eigenvalue weighted by molar-refractivity contribution is 9.24. The van der Waals surface area contributed by atoms with E-state index in [1.165, 1.54) is 6.42 Å². The molecule has 0 amide bonds. The first-order valence-electron chi connectivity index (χ1n) is 10.8. The minimum Gasteiger partial charge on any atom is -0.0765 e. The van der Waals surface area contributed by atoms with Crippen LogP contribution in [0.15, 0.2) is 0 Å². The molecule has 0 aliphatic heterocycles. The van der Waals surface area contributed by atoms with Gasteiger partial charge in [0.05, 0.1) is 3.74 Å². The van der Waals surface area contributed by atoms with Crippen LogP contribution in [0, 0.1) is 52.3 Å². The van der Waals surface area contributed by atoms with Crippen LogP contribution in [0.5, 0.6) is 0 Å². The summed E-state index contributed by atoms with van der Waals surface area (Å²) in [5.41, 5.74) is 1.52. The van der Waals surface area contributed by atoms with E-state index in [0.717, 1.165) is 52.3 Å². The highest BCUT2D eigenvalue weighted by Crippen LogP contribution is 2.77. The quantitative estimate of drug-likeness (QED) is 0.396. The van der Waals surface area contributed by atoms with E-state index in [4.69, 9.17) is 0 Å². The van der Waals surface area contributed by atoms with E-state index in [1.807, 2.05) is 0 Å². The van der Waals surface area contributed by atoms with E-state index in [2.05, 4.69) is 31.9 Å². The van der Waals surface area contributed by atoms with Gasteiger partial charge in [0.25, 0.3) is 0 Å². The maximum Gasteiger partial charge on any atom is 0.0700 e. The zero-order chi connectivity index (χ0) is 16.1. The second kappa shape index (κ2) is 5.27. The normalized spacial score (nSPS) is 60.4. The summed E-state index contributed by atoms with van der Waals surface area (Å²) < 4.78 is 0.540. The van der Waals surface area contributed by atoms with Gasteiger partial charge in [-0.2, -0.15) is 0 Å². The summed E-state index contributed by atoms with van der Waals surface area (Å²) in [6.07, 6.45) is 19.2. The summed E-state index contributed by atoms with van der Waals surface area (Å²) in [4.78, 5) is 0. The molecule has 2 heteroatoms. The first kappa shape index (κ1) is 16.0. The average Bonchev–Trinajstić information content (AvgIpc) is 2.48. The summed E-state index contributed by atoms with van der Waals surface area (Å²) in [6.45, 7) is 0. The summed E-state index contributed by atoms with van der Waals surface area (Å²) >= 11 is 7.79. The highest BCUT2D eigenvalue weighted by atomic mass is 79.9. The number of hydrogen-bond acceptors (Lipinski definition) is 0. The molecule has 8 aliphatic carbocycles. The van der Waals surface area contributed by atoms with E-state index < -0.39 is 0 Å². The van der Waals surface area contributed by atoms with Crippen LogP contribution in [-0.4, -0.2) is 3.74 Å². The van der Waals surface area contributed by atoms with Crippen molar-refractivity contribution < 1.29 is 0 Å². The van der Waals surface area contributed by atoms with Crippen LogP contribution in [0.2, 0.25) is 0 Å². The van der Waals surface area contributed by atoms with E-state index in [9.17, 15) is 0 Å². The molecule has 0 radical (unpaired) electrons. The third kappa shape index (κ3) is 2.08. The Labute approximate surface area is 164 Å². The van der Waals surface area contributed by atoms with Crippen LogP contribution in [0.4, 0.5) is 0 Å². The molecule has 0 nitrogen and oxygen atoms in total. The number of halogens is 2. The summed E-state index contributed by atoms with van der Waals surface area (Å²) in [7, 11) is 0. The fourth-order valence-electron chi connectivity index (χ4n) is 10.3. The summed E-state index contributed by atoms with van der Waals surface area (Å²) in [5, 5.41) is 0. The molecule has 3 atom stereocenters. The van der Waals surface area contributed by atoms with E-state index >= 15 is 0 Å². The molecular formula is C22H32Br2. The van der Waals surface area contributed by atoms with Crippen LogP contribution in [0.25, 0.3) is 0 Å². The van der Waals surface area contributed by atoms with Gasteiger partial charge in [0.15, 0.2) is 0 Å². The van der Waals surface area contributed by atoms with Gasteiger partial charge < -0.3 is 0 Å². The van der Waals surface area contributed by atoms with Gasteiger partial charge in [-0.1, -0.05) is 31.9 Å². The predicted octanol–water partition coefficient (Wildman–Crippen LogP) is 7.15. The first-order valence-corrected chi connectivity index (χ1v) is 12.7. The van der Waals surface area contributed by atoms with Crippen LogP contribution >= 0.6 is 31.9 Å². The minimum atomic E-state index is 0.540. The molecule has 8 saturated carbocycles. The molecule has 8 rings (SSSR count). The van der Waals surface area contributed by atoms with Gasteiger partial charge in [-0.25, -0.2) is 0 Å². The summed E-state index contributed by atoms with van der Waals surface area (Å²) in [5.74, 6) is 7.66. The molecule has 24 heavy (non-hydrogen) atoms. The zero-order valence-corrected chi connectivity index (χ0v) is 18.0. The topological polar surface area (TPSA) is 0 Å². The Bertz CT molecular complexity index is 489. The predicted molar refractivity (Wildman–Crippen MR) is 106 cm³/mol. The van der Waals surface area contributed by atoms with Gasteiger partial charge >= 0.3 is 0 Å². The van der Waals surface area contributed by atoms with Gasteiger partial charge in [-0.05, 0) is 129 Å². The lowest BCUT2D eigenvalue weighted by Gasteiger charge is -2.73. The first-order chi connectivity index (χ1) is 11.6. The molecule has 0 N–H and O–H groups in total. The van der Waals surface area contributed by atoms with Gasteiger partial charge in [0.2, 0.25) is 0 Å². The standard InChI is InChI=1S/C22H32Br2/c23-20(24)7-19-18-5-16-4-17(6-18)12-22(19,11-16)21-8-13-1-14(9-21)3-15(2-13)10-21/h13-20H,1-12H2. The number of hydrogen-bond donors (Lipinski definition) is 0. The maximum atomic E-state index is 3.90. The lowest BCUT2D eigenvalue weighted by atomic mass is 9.32. The van der Waals surface area contributed by atoms with Crippen molar-refractivity contribution in [1.82, 2.24) is 0 Å². The second-order valence-corrected chi connectivity index (χ2v) is 14.6. The van der Waals surface area contributed by atoms with Crippen molar-refractivity contribution >= 4 is 31.9 Å². The van der Waals surface area contributed by atoms with E-state index in [1.54, 1.807) is 70.6 Å². The Kier molecular flexibility index (Phi) is 3.50. The monoisotopic (exact) mass is 454 g/mol. The molecule has 0 spiro atoms. The third-order valence-corrected chi connectivity index (χ3v) is 10.8. The number of alkyl halides is 2. The smallest absolute Gasteiger partial charge is 0.0700 e. The van der Waals surface area contributed by atoms with E-state index in [0.29, 0.717) is 3.74 Å². The molecule has 0 saturated heterocycles. The fourth-order valence-corrected chi connectivity index (χ4v) is 11.1. The van der Waals surface area contributed by atoms with Crippen molar-refractivity contribution in [2.45, 2.75) is 80.8 Å². The second-order valence-electron chi connectivity index (χ2n) is 11.2. The van der Waals surface area contributed by atoms with Crippen LogP contribution in [0.1, 0.15) is 77.0 Å². The molecular weight excluding hydrogens is 424 g/mol. The molecule has 134 valence electrons. The number of rotatable bonds is 3. The Hall–Kier alpha value is 0.960. The molecule has 0 aromatic carbocycles. The van der Waals surface area contributed by atoms with Crippen LogP contribution < -0.4 is 0 Å². The van der Waals surface area contributed by atoms with Crippen molar-refractivity contribution in [3.8, 4) is 0 Å². The Morgan fingerprint density at radius 2 is 1.12 bits per heavy atom. The van der Waals surface area contributed by atoms with Gasteiger partial charge in [0, 0.05) is 0 Å². The van der Waals surface area contributed by atoms with Crippen molar-refractivity contribution in [2.75, 3.05) is 0 Å². The SMILES string of the molecule is BrC(Br)CC1C2CC3CC(C2)CC1(C12CC4CC(CC(C4)C1)C2)C3. The fraction of sp³-hybridized carbons (Fsp3) is 1.00. The largest absolute Gasteiger partial charge is 0.0765 e. The lowest BCUT2D eigenvalue weighted by Crippen LogP contribution is -2.64. The molecule has 0 aromatic rings. The van der Waals surface area contributed by atoms with Gasteiger partial charge in [0.1, 0.15) is 0 Å². The maximum absolute atomic E-state index is 3.90. The average molecular weight is 456 g/mol. The third-order valence-electron chi connectivity index (χ3n) is 10.1. The molecule has 8 fully saturated rings. The van der Waals surface area contributed by atoms with Gasteiger partial charge in [-0.3, -0.25) is 0 Å². The summed E-state index contributed by atoms with van der Waals surface area (Å²) in [6, 6.07) is 0. The molecule has 3 unspecified atom stereocenters. The molecule has 0 aromatic heterocycles. The Morgan fingerprint density at radius 3 is 1.58 bits per heavy atom. The Morgan fingerprint density at radius 1 is 0.667 bits per heavy atom. The van der Waals surface area contributed by atoms with Crippen molar-refractivity contribution in [3.05, 3.63) is 0 Å². The van der Waals surface area contributed by atoms with Crippen LogP contribution in [-0.2, 0) is 0 Å². The van der Waals surface area contributed by atoms with Crippen molar-refractivity contribution in [3.63, 3.8) is 0 Å². The molecule has 0 heterocycles. The Balaban J connectivity index is 1.44. The van der Waals surface area contributed by atoms with Crippen molar-refractivity contribution in [2.24, 2.45) is 52.3 Å². The molecule has 8 bridgehead atoms. The highest BCUT2D eigenvalue weighted by Gasteiger charge is 2.68. The van der Waals surface area contributed by atoms with Crippen molar-refractivity contribution in [1.29, 1.82) is 0 Å².